The van der Waals surface area contributed by atoms with Gasteiger partial charge in [-0.15, -0.1) is 0 Å². The van der Waals surface area contributed by atoms with Crippen LogP contribution in [0.25, 0.3) is 0 Å². The number of nitrogens with zero attached hydrogens (tertiary/aromatic N) is 2. The van der Waals surface area contributed by atoms with Crippen LogP contribution in [0.1, 0.15) is 40.0 Å². The van der Waals surface area contributed by atoms with Crippen molar-refractivity contribution in [3.63, 3.8) is 0 Å². The Morgan fingerprint density at radius 3 is 2.70 bits per heavy atom. The number of aliphatic imine (C=N–C) groups is 1. The molecule has 0 spiro atoms. The van der Waals surface area contributed by atoms with E-state index in [2.05, 4.69) is 64.8 Å². The number of para-hydroxylation sites is 1. The number of benzene rings is 1. The van der Waals surface area contributed by atoms with E-state index < -0.39 is 0 Å². The van der Waals surface area contributed by atoms with Crippen molar-refractivity contribution in [3.8, 4) is 0 Å². The molecule has 0 aromatic heterocycles. The minimum atomic E-state index is 0.0172. The summed E-state index contributed by atoms with van der Waals surface area (Å²) < 4.78 is 1.07. The number of nitrogens with two attached hydrogens (primary N) is 1. The average molecular weight is 338 g/mol. The summed E-state index contributed by atoms with van der Waals surface area (Å²) in [6, 6.07) is 8.25. The van der Waals surface area contributed by atoms with Gasteiger partial charge in [0.15, 0.2) is 5.96 Å². The lowest BCUT2D eigenvalue weighted by molar-refractivity contribution is 0.333. The second kappa shape index (κ2) is 6.17. The molecule has 1 aliphatic heterocycles. The first-order chi connectivity index (χ1) is 9.54. The van der Waals surface area contributed by atoms with Crippen LogP contribution < -0.4 is 10.6 Å². The van der Waals surface area contributed by atoms with Crippen LogP contribution in [0.3, 0.4) is 0 Å². The molecule has 1 aromatic rings. The van der Waals surface area contributed by atoms with Crippen molar-refractivity contribution in [3.05, 3.63) is 28.7 Å². The first kappa shape index (κ1) is 15.4. The molecule has 4 heteroatoms. The molecule has 0 amide bonds. The molecule has 2 N–H and O–H groups in total. The van der Waals surface area contributed by atoms with Gasteiger partial charge in [0.25, 0.3) is 0 Å². The lowest BCUT2D eigenvalue weighted by atomic mass is 9.83. The van der Waals surface area contributed by atoms with E-state index in [-0.39, 0.29) is 5.54 Å². The Morgan fingerprint density at radius 2 is 2.10 bits per heavy atom. The van der Waals surface area contributed by atoms with E-state index >= 15 is 0 Å². The van der Waals surface area contributed by atoms with Crippen molar-refractivity contribution in [1.82, 2.24) is 0 Å². The molecule has 2 rings (SSSR count). The maximum Gasteiger partial charge on any atom is 0.196 e. The van der Waals surface area contributed by atoms with Gasteiger partial charge in [0.05, 0.1) is 17.8 Å². The fraction of sp³-hybridized carbons (Fsp3) is 0.562. The van der Waals surface area contributed by atoms with Gasteiger partial charge >= 0.3 is 0 Å². The second-order valence-electron chi connectivity index (χ2n) is 5.76. The van der Waals surface area contributed by atoms with Gasteiger partial charge in [-0.25, -0.2) is 0 Å². The highest BCUT2D eigenvalue weighted by molar-refractivity contribution is 9.10. The lowest BCUT2D eigenvalue weighted by Crippen LogP contribution is -2.52. The van der Waals surface area contributed by atoms with Gasteiger partial charge in [0, 0.05) is 4.47 Å². The molecule has 0 radical (unpaired) electrons. The van der Waals surface area contributed by atoms with Crippen LogP contribution >= 0.6 is 15.9 Å². The normalized spacial score (nSPS) is 23.8. The molecule has 0 bridgehead atoms. The number of hydrogen-bond acceptors (Lipinski definition) is 3. The summed E-state index contributed by atoms with van der Waals surface area (Å²) in [6.07, 6.45) is 3.35. The number of hydrogen-bond donors (Lipinski definition) is 1. The molecule has 0 fully saturated rings. The van der Waals surface area contributed by atoms with E-state index in [0.29, 0.717) is 11.9 Å². The van der Waals surface area contributed by atoms with Crippen LogP contribution in [-0.2, 0) is 0 Å². The Morgan fingerprint density at radius 1 is 1.40 bits per heavy atom. The Hall–Kier alpha value is -1.03. The topological polar surface area (TPSA) is 41.6 Å². The SMILES string of the molecule is CCC(C)CC1(CC)CN=C(N)N1c1ccccc1Br. The van der Waals surface area contributed by atoms with Crippen molar-refractivity contribution in [2.75, 3.05) is 11.4 Å². The molecule has 2 unspecified atom stereocenters. The van der Waals surface area contributed by atoms with Crippen LogP contribution in [0, 0.1) is 5.92 Å². The predicted octanol–water partition coefficient (Wildman–Crippen LogP) is 4.17. The molecule has 1 aliphatic rings. The molecular weight excluding hydrogens is 314 g/mol. The van der Waals surface area contributed by atoms with Crippen molar-refractivity contribution in [2.45, 2.75) is 45.6 Å². The summed E-state index contributed by atoms with van der Waals surface area (Å²) in [5, 5.41) is 0. The zero-order chi connectivity index (χ0) is 14.8. The van der Waals surface area contributed by atoms with Gasteiger partial charge in [-0.1, -0.05) is 39.3 Å². The van der Waals surface area contributed by atoms with Gasteiger partial charge in [-0.3, -0.25) is 4.99 Å². The predicted molar refractivity (Wildman–Crippen MR) is 90.2 cm³/mol. The first-order valence-corrected chi connectivity index (χ1v) is 8.18. The van der Waals surface area contributed by atoms with Crippen molar-refractivity contribution in [2.24, 2.45) is 16.6 Å². The molecule has 0 saturated carbocycles. The van der Waals surface area contributed by atoms with Gasteiger partial charge in [-0.05, 0) is 46.8 Å². The standard InChI is InChI=1S/C16H24BrN3/c1-4-12(3)10-16(5-2)11-19-15(18)20(16)14-9-7-6-8-13(14)17/h6-9,12H,4-5,10-11H2,1-3H3,(H2,18,19). The fourth-order valence-electron chi connectivity index (χ4n) is 2.99. The van der Waals surface area contributed by atoms with Crippen molar-refractivity contribution >= 4 is 27.6 Å². The Balaban J connectivity index is 2.41. The number of halogens is 1. The summed E-state index contributed by atoms with van der Waals surface area (Å²) in [5.41, 5.74) is 7.34. The first-order valence-electron chi connectivity index (χ1n) is 7.38. The number of rotatable bonds is 5. The molecule has 2 atom stereocenters. The molecule has 20 heavy (non-hydrogen) atoms. The van der Waals surface area contributed by atoms with Crippen molar-refractivity contribution in [1.29, 1.82) is 0 Å². The van der Waals surface area contributed by atoms with Crippen LogP contribution in [0.15, 0.2) is 33.7 Å². The molecule has 1 heterocycles. The second-order valence-corrected chi connectivity index (χ2v) is 6.61. The van der Waals surface area contributed by atoms with E-state index in [1.165, 1.54) is 6.42 Å². The van der Waals surface area contributed by atoms with E-state index in [1.54, 1.807) is 0 Å². The largest absolute Gasteiger partial charge is 0.369 e. The minimum absolute atomic E-state index is 0.0172. The Bertz CT molecular complexity index is 500. The Labute approximate surface area is 130 Å². The van der Waals surface area contributed by atoms with E-state index in [0.717, 1.165) is 29.5 Å². The van der Waals surface area contributed by atoms with Gasteiger partial charge in [-0.2, -0.15) is 0 Å². The molecule has 3 nitrogen and oxygen atoms in total. The third kappa shape index (κ3) is 2.71. The highest BCUT2D eigenvalue weighted by Crippen LogP contribution is 2.39. The van der Waals surface area contributed by atoms with E-state index in [1.807, 2.05) is 6.07 Å². The molecule has 110 valence electrons. The van der Waals surface area contributed by atoms with Crippen LogP contribution in [0.5, 0.6) is 0 Å². The van der Waals surface area contributed by atoms with Crippen LogP contribution in [-0.4, -0.2) is 18.0 Å². The van der Waals surface area contributed by atoms with Crippen molar-refractivity contribution < 1.29 is 0 Å². The van der Waals surface area contributed by atoms with Crippen LogP contribution in [0.4, 0.5) is 5.69 Å². The van der Waals surface area contributed by atoms with Crippen LogP contribution in [0.2, 0.25) is 0 Å². The average Bonchev–Trinajstić information content (AvgIpc) is 2.77. The summed E-state index contributed by atoms with van der Waals surface area (Å²) in [7, 11) is 0. The highest BCUT2D eigenvalue weighted by Gasteiger charge is 2.42. The van der Waals surface area contributed by atoms with Gasteiger partial charge in [0.2, 0.25) is 0 Å². The van der Waals surface area contributed by atoms with Gasteiger partial charge < -0.3 is 10.6 Å². The summed E-state index contributed by atoms with van der Waals surface area (Å²) in [4.78, 5) is 6.79. The zero-order valence-electron chi connectivity index (χ0n) is 12.6. The number of anilines is 1. The minimum Gasteiger partial charge on any atom is -0.369 e. The summed E-state index contributed by atoms with van der Waals surface area (Å²) >= 11 is 3.65. The zero-order valence-corrected chi connectivity index (χ0v) is 14.2. The van der Waals surface area contributed by atoms with Gasteiger partial charge in [0.1, 0.15) is 0 Å². The van der Waals surface area contributed by atoms with E-state index in [9.17, 15) is 0 Å². The fourth-order valence-corrected chi connectivity index (χ4v) is 3.45. The summed E-state index contributed by atoms with van der Waals surface area (Å²) in [6.45, 7) is 7.58. The Kier molecular flexibility index (Phi) is 4.74. The number of guanidine groups is 1. The molecule has 0 aliphatic carbocycles. The molecule has 1 aromatic carbocycles. The molecule has 0 saturated heterocycles. The smallest absolute Gasteiger partial charge is 0.196 e. The summed E-state index contributed by atoms with van der Waals surface area (Å²) in [5.74, 6) is 1.31. The third-order valence-electron chi connectivity index (χ3n) is 4.42. The lowest BCUT2D eigenvalue weighted by Gasteiger charge is -2.40. The maximum absolute atomic E-state index is 6.20. The molecular formula is C16H24BrN3. The third-order valence-corrected chi connectivity index (χ3v) is 5.09. The monoisotopic (exact) mass is 337 g/mol. The quantitative estimate of drug-likeness (QED) is 0.875. The maximum atomic E-state index is 6.20. The highest BCUT2D eigenvalue weighted by atomic mass is 79.9. The van der Waals surface area contributed by atoms with E-state index in [4.69, 9.17) is 5.73 Å².